The summed E-state index contributed by atoms with van der Waals surface area (Å²) in [7, 11) is 0. The van der Waals surface area contributed by atoms with Gasteiger partial charge >= 0.3 is 6.03 Å². The van der Waals surface area contributed by atoms with Crippen LogP contribution in [0, 0.1) is 0 Å². The minimum absolute atomic E-state index is 0.231. The molecule has 4 rings (SSSR count). The molecule has 2 aromatic rings. The van der Waals surface area contributed by atoms with Gasteiger partial charge in [0.15, 0.2) is 0 Å². The van der Waals surface area contributed by atoms with E-state index in [0.29, 0.717) is 5.92 Å². The van der Waals surface area contributed by atoms with E-state index < -0.39 is 0 Å². The second-order valence-electron chi connectivity index (χ2n) is 7.01. The maximum absolute atomic E-state index is 12.5. The van der Waals surface area contributed by atoms with Crippen molar-refractivity contribution in [3.8, 4) is 0 Å². The van der Waals surface area contributed by atoms with Gasteiger partial charge < -0.3 is 14.4 Å². The fourth-order valence-electron chi connectivity index (χ4n) is 3.94. The molecule has 2 aliphatic rings. The Hall–Kier alpha value is -2.37. The molecule has 2 saturated heterocycles. The van der Waals surface area contributed by atoms with Crippen LogP contribution in [-0.4, -0.2) is 56.5 Å². The molecule has 2 amide bonds. The zero-order chi connectivity index (χ0) is 17.1. The number of hydrogen-bond donors (Lipinski definition) is 0. The summed E-state index contributed by atoms with van der Waals surface area (Å²) in [5.41, 5.74) is 1.18. The number of nitrogens with zero attached hydrogens (tertiary/aromatic N) is 5. The van der Waals surface area contributed by atoms with E-state index in [4.69, 9.17) is 0 Å². The smallest absolute Gasteiger partial charge is 0.319 e. The van der Waals surface area contributed by atoms with Gasteiger partial charge in [-0.2, -0.15) is 0 Å². The van der Waals surface area contributed by atoms with Crippen molar-refractivity contribution in [1.29, 1.82) is 0 Å². The van der Waals surface area contributed by atoms with Crippen LogP contribution in [0.15, 0.2) is 36.9 Å². The van der Waals surface area contributed by atoms with E-state index in [1.165, 1.54) is 5.56 Å². The Morgan fingerprint density at radius 3 is 2.56 bits per heavy atom. The van der Waals surface area contributed by atoms with E-state index in [2.05, 4.69) is 20.6 Å². The number of likely N-dealkylation sites (tertiary alicyclic amines) is 2. The lowest BCUT2D eigenvalue weighted by Crippen LogP contribution is -2.45. The van der Waals surface area contributed by atoms with Crippen molar-refractivity contribution in [3.05, 3.63) is 48.3 Å². The van der Waals surface area contributed by atoms with Crippen LogP contribution in [0.5, 0.6) is 0 Å². The average molecular weight is 339 g/mol. The molecule has 6 nitrogen and oxygen atoms in total. The molecule has 0 bridgehead atoms. The zero-order valence-corrected chi connectivity index (χ0v) is 14.5. The van der Waals surface area contributed by atoms with Crippen LogP contribution < -0.4 is 0 Å². The Labute approximate surface area is 148 Å². The van der Waals surface area contributed by atoms with Gasteiger partial charge in [0.1, 0.15) is 5.82 Å². The summed E-state index contributed by atoms with van der Waals surface area (Å²) in [6.45, 7) is 4.32. The quantitative estimate of drug-likeness (QED) is 0.864. The third kappa shape index (κ3) is 3.52. The molecule has 0 spiro atoms. The predicted molar refractivity (Wildman–Crippen MR) is 95.3 cm³/mol. The summed E-state index contributed by atoms with van der Waals surface area (Å²) in [5, 5.41) is 0. The highest BCUT2D eigenvalue weighted by molar-refractivity contribution is 5.74. The molecular weight excluding hydrogens is 314 g/mol. The molecular formula is C19H25N5O. The Bertz CT molecular complexity index is 700. The monoisotopic (exact) mass is 339 g/mol. The van der Waals surface area contributed by atoms with Gasteiger partial charge in [-0.1, -0.05) is 6.07 Å². The molecule has 0 N–H and O–H groups in total. The maximum atomic E-state index is 12.5. The molecule has 6 heteroatoms. The van der Waals surface area contributed by atoms with E-state index in [0.717, 1.165) is 64.2 Å². The van der Waals surface area contributed by atoms with Crippen molar-refractivity contribution >= 4 is 6.03 Å². The molecule has 0 radical (unpaired) electrons. The molecule has 0 unspecified atom stereocenters. The summed E-state index contributed by atoms with van der Waals surface area (Å²) >= 11 is 0. The van der Waals surface area contributed by atoms with Gasteiger partial charge in [-0.15, -0.1) is 0 Å². The number of imidazole rings is 1. The van der Waals surface area contributed by atoms with Crippen LogP contribution >= 0.6 is 0 Å². The largest absolute Gasteiger partial charge is 0.330 e. The lowest BCUT2D eigenvalue weighted by atomic mass is 9.96. The van der Waals surface area contributed by atoms with Gasteiger partial charge in [0.25, 0.3) is 0 Å². The number of pyridine rings is 1. The van der Waals surface area contributed by atoms with Crippen molar-refractivity contribution < 1.29 is 4.79 Å². The standard InChI is InChI=1S/C19H25N5O/c25-19(22-9-1-2-10-22)23-11-5-17(6-12-23)18-21-8-13-24(18)15-16-4-3-7-20-14-16/h3-4,7-8,13-14,17H,1-2,5-6,9-12,15H2. The summed E-state index contributed by atoms with van der Waals surface area (Å²) in [6.07, 6.45) is 11.9. The Kier molecular flexibility index (Phi) is 4.68. The Morgan fingerprint density at radius 2 is 1.84 bits per heavy atom. The van der Waals surface area contributed by atoms with Crippen LogP contribution in [0.1, 0.15) is 43.0 Å². The van der Waals surface area contributed by atoms with Gasteiger partial charge in [0.05, 0.1) is 6.54 Å². The number of carbonyl (C=O) groups excluding carboxylic acids is 1. The zero-order valence-electron chi connectivity index (χ0n) is 14.5. The second-order valence-corrected chi connectivity index (χ2v) is 7.01. The number of piperidine rings is 1. The predicted octanol–water partition coefficient (Wildman–Crippen LogP) is 2.72. The molecule has 0 saturated carbocycles. The van der Waals surface area contributed by atoms with Gasteiger partial charge in [0.2, 0.25) is 0 Å². The fraction of sp³-hybridized carbons (Fsp3) is 0.526. The molecule has 2 aromatic heterocycles. The minimum atomic E-state index is 0.231. The van der Waals surface area contributed by atoms with Gasteiger partial charge in [-0.05, 0) is 37.3 Å². The van der Waals surface area contributed by atoms with Crippen molar-refractivity contribution in [3.63, 3.8) is 0 Å². The molecule has 25 heavy (non-hydrogen) atoms. The Balaban J connectivity index is 1.38. The molecule has 0 atom stereocenters. The highest BCUT2D eigenvalue weighted by Crippen LogP contribution is 2.28. The lowest BCUT2D eigenvalue weighted by Gasteiger charge is -2.34. The number of carbonyl (C=O) groups is 1. The topological polar surface area (TPSA) is 54.3 Å². The summed E-state index contributed by atoms with van der Waals surface area (Å²) in [5.74, 6) is 1.56. The van der Waals surface area contributed by atoms with Gasteiger partial charge in [-0.25, -0.2) is 9.78 Å². The summed E-state index contributed by atoms with van der Waals surface area (Å²) < 4.78 is 2.22. The van der Waals surface area contributed by atoms with Crippen molar-refractivity contribution in [2.45, 2.75) is 38.1 Å². The van der Waals surface area contributed by atoms with Crippen molar-refractivity contribution in [2.24, 2.45) is 0 Å². The average Bonchev–Trinajstić information content (AvgIpc) is 3.34. The van der Waals surface area contributed by atoms with Crippen LogP contribution in [-0.2, 0) is 6.54 Å². The molecule has 0 aliphatic carbocycles. The van der Waals surface area contributed by atoms with Gasteiger partial charge in [-0.3, -0.25) is 4.98 Å². The Morgan fingerprint density at radius 1 is 1.08 bits per heavy atom. The van der Waals surface area contributed by atoms with Gasteiger partial charge in [0, 0.05) is 56.9 Å². The second kappa shape index (κ2) is 7.25. The molecule has 2 fully saturated rings. The van der Waals surface area contributed by atoms with E-state index in [9.17, 15) is 4.79 Å². The van der Waals surface area contributed by atoms with E-state index >= 15 is 0 Å². The molecule has 4 heterocycles. The first kappa shape index (κ1) is 16.1. The van der Waals surface area contributed by atoms with Crippen molar-refractivity contribution in [2.75, 3.05) is 26.2 Å². The number of hydrogen-bond acceptors (Lipinski definition) is 3. The third-order valence-electron chi connectivity index (χ3n) is 5.33. The number of aromatic nitrogens is 3. The number of amides is 2. The van der Waals surface area contributed by atoms with E-state index in [1.54, 1.807) is 6.20 Å². The first-order chi connectivity index (χ1) is 12.3. The van der Waals surface area contributed by atoms with Crippen LogP contribution in [0.3, 0.4) is 0 Å². The number of urea groups is 1. The van der Waals surface area contributed by atoms with Crippen LogP contribution in [0.25, 0.3) is 0 Å². The highest BCUT2D eigenvalue weighted by atomic mass is 16.2. The van der Waals surface area contributed by atoms with E-state index in [-0.39, 0.29) is 6.03 Å². The lowest BCUT2D eigenvalue weighted by molar-refractivity contribution is 0.147. The third-order valence-corrected chi connectivity index (χ3v) is 5.33. The SMILES string of the molecule is O=C(N1CCCC1)N1CCC(c2nccn2Cc2cccnc2)CC1. The maximum Gasteiger partial charge on any atom is 0.319 e. The first-order valence-corrected chi connectivity index (χ1v) is 9.25. The molecule has 132 valence electrons. The summed E-state index contributed by atoms with van der Waals surface area (Å²) in [4.78, 5) is 25.4. The highest BCUT2D eigenvalue weighted by Gasteiger charge is 2.29. The normalized spacial score (nSPS) is 18.7. The van der Waals surface area contributed by atoms with E-state index in [1.807, 2.05) is 34.5 Å². The van der Waals surface area contributed by atoms with Crippen LogP contribution in [0.2, 0.25) is 0 Å². The number of rotatable bonds is 3. The fourth-order valence-corrected chi connectivity index (χ4v) is 3.94. The first-order valence-electron chi connectivity index (χ1n) is 9.25. The molecule has 2 aliphatic heterocycles. The summed E-state index contributed by atoms with van der Waals surface area (Å²) in [6, 6.07) is 4.29. The van der Waals surface area contributed by atoms with Crippen molar-refractivity contribution in [1.82, 2.24) is 24.3 Å². The minimum Gasteiger partial charge on any atom is -0.330 e. The molecule has 0 aromatic carbocycles. The van der Waals surface area contributed by atoms with Crippen LogP contribution in [0.4, 0.5) is 4.79 Å².